The molecule has 0 radical (unpaired) electrons. The number of nitrogens with zero attached hydrogens (tertiary/aromatic N) is 2. The average Bonchev–Trinajstić information content (AvgIpc) is 2.75. The Labute approximate surface area is 102 Å². The Morgan fingerprint density at radius 2 is 2.06 bits per heavy atom. The molecule has 0 saturated heterocycles. The van der Waals surface area contributed by atoms with E-state index >= 15 is 0 Å². The van der Waals surface area contributed by atoms with Gasteiger partial charge in [0.1, 0.15) is 0 Å². The van der Waals surface area contributed by atoms with E-state index in [1.165, 1.54) is 19.3 Å². The highest BCUT2D eigenvalue weighted by Crippen LogP contribution is 2.28. The summed E-state index contributed by atoms with van der Waals surface area (Å²) in [5.74, 6) is 0.266. The highest BCUT2D eigenvalue weighted by molar-refractivity contribution is 5.01. The zero-order chi connectivity index (χ0) is 12.3. The third kappa shape index (κ3) is 3.30. The third-order valence-electron chi connectivity index (χ3n) is 3.71. The van der Waals surface area contributed by atoms with Gasteiger partial charge in [-0.1, -0.05) is 19.3 Å². The maximum Gasteiger partial charge on any atom is 0.0857 e. The van der Waals surface area contributed by atoms with Crippen molar-refractivity contribution in [2.24, 2.45) is 13.0 Å². The molecular formula is C13H22N2O2. The van der Waals surface area contributed by atoms with Crippen LogP contribution in [0.25, 0.3) is 0 Å². The second-order valence-electron chi connectivity index (χ2n) is 5.14. The number of rotatable bonds is 4. The summed E-state index contributed by atoms with van der Waals surface area (Å²) in [5, 5.41) is 24.4. The molecule has 2 unspecified atom stereocenters. The van der Waals surface area contributed by atoms with Crippen molar-refractivity contribution in [3.8, 4) is 0 Å². The molecule has 0 aliphatic heterocycles. The summed E-state index contributed by atoms with van der Waals surface area (Å²) >= 11 is 0. The van der Waals surface area contributed by atoms with Crippen LogP contribution < -0.4 is 0 Å². The van der Waals surface area contributed by atoms with E-state index in [1.54, 1.807) is 4.68 Å². The molecule has 0 aromatic carbocycles. The Morgan fingerprint density at radius 3 is 2.65 bits per heavy atom. The SMILES string of the molecule is Cn1ccc(CC(O)C(O)C2CCCCC2)n1. The molecule has 0 amide bonds. The number of aliphatic hydroxyl groups excluding tert-OH is 2. The highest BCUT2D eigenvalue weighted by atomic mass is 16.3. The van der Waals surface area contributed by atoms with Crippen molar-refractivity contribution >= 4 is 0 Å². The maximum absolute atomic E-state index is 10.1. The summed E-state index contributed by atoms with van der Waals surface area (Å²) < 4.78 is 1.72. The summed E-state index contributed by atoms with van der Waals surface area (Å²) in [6.07, 6.45) is 6.72. The van der Waals surface area contributed by atoms with Gasteiger partial charge in [-0.2, -0.15) is 5.10 Å². The first-order valence-electron chi connectivity index (χ1n) is 6.51. The van der Waals surface area contributed by atoms with Gasteiger partial charge in [0.2, 0.25) is 0 Å². The van der Waals surface area contributed by atoms with Crippen molar-refractivity contribution in [3.63, 3.8) is 0 Å². The van der Waals surface area contributed by atoms with Gasteiger partial charge in [0.15, 0.2) is 0 Å². The van der Waals surface area contributed by atoms with E-state index in [-0.39, 0.29) is 5.92 Å². The van der Waals surface area contributed by atoms with Gasteiger partial charge in [-0.15, -0.1) is 0 Å². The number of aliphatic hydroxyl groups is 2. The molecule has 1 fully saturated rings. The van der Waals surface area contributed by atoms with E-state index in [0.717, 1.165) is 18.5 Å². The lowest BCUT2D eigenvalue weighted by atomic mass is 9.82. The first kappa shape index (κ1) is 12.6. The van der Waals surface area contributed by atoms with E-state index in [2.05, 4.69) is 5.10 Å². The van der Waals surface area contributed by atoms with Crippen LogP contribution in [0, 0.1) is 5.92 Å². The minimum absolute atomic E-state index is 0.266. The van der Waals surface area contributed by atoms with Crippen molar-refractivity contribution in [1.82, 2.24) is 9.78 Å². The Kier molecular flexibility index (Phi) is 4.18. The van der Waals surface area contributed by atoms with Crippen LogP contribution in [0.5, 0.6) is 0 Å². The molecule has 2 atom stereocenters. The zero-order valence-electron chi connectivity index (χ0n) is 10.4. The fourth-order valence-electron chi connectivity index (χ4n) is 2.70. The van der Waals surface area contributed by atoms with Gasteiger partial charge in [0, 0.05) is 19.7 Å². The van der Waals surface area contributed by atoms with Crippen LogP contribution in [0.1, 0.15) is 37.8 Å². The van der Waals surface area contributed by atoms with Gasteiger partial charge in [0.05, 0.1) is 17.9 Å². The minimum Gasteiger partial charge on any atom is -0.390 e. The number of hydrogen-bond donors (Lipinski definition) is 2. The average molecular weight is 238 g/mol. The topological polar surface area (TPSA) is 58.3 Å². The van der Waals surface area contributed by atoms with Crippen LogP contribution in [0.3, 0.4) is 0 Å². The Hall–Kier alpha value is -0.870. The van der Waals surface area contributed by atoms with Gasteiger partial charge < -0.3 is 10.2 Å². The molecule has 17 heavy (non-hydrogen) atoms. The Bertz CT molecular complexity index is 345. The zero-order valence-corrected chi connectivity index (χ0v) is 10.4. The molecule has 1 aliphatic rings. The smallest absolute Gasteiger partial charge is 0.0857 e. The van der Waals surface area contributed by atoms with Crippen molar-refractivity contribution in [2.75, 3.05) is 0 Å². The van der Waals surface area contributed by atoms with Crippen molar-refractivity contribution in [3.05, 3.63) is 18.0 Å². The van der Waals surface area contributed by atoms with Crippen molar-refractivity contribution < 1.29 is 10.2 Å². The van der Waals surface area contributed by atoms with E-state index in [1.807, 2.05) is 19.3 Å². The standard InChI is InChI=1S/C13H22N2O2/c1-15-8-7-11(14-15)9-12(16)13(17)10-5-3-2-4-6-10/h7-8,10,12-13,16-17H,2-6,9H2,1H3. The largest absolute Gasteiger partial charge is 0.390 e. The fraction of sp³-hybridized carbons (Fsp3) is 0.769. The fourth-order valence-corrected chi connectivity index (χ4v) is 2.70. The van der Waals surface area contributed by atoms with E-state index in [9.17, 15) is 10.2 Å². The van der Waals surface area contributed by atoms with Crippen molar-refractivity contribution in [2.45, 2.75) is 50.7 Å². The predicted octanol–water partition coefficient (Wildman–Crippen LogP) is 1.26. The quantitative estimate of drug-likeness (QED) is 0.830. The predicted molar refractivity (Wildman–Crippen MR) is 65.5 cm³/mol. The van der Waals surface area contributed by atoms with Gasteiger partial charge in [-0.3, -0.25) is 4.68 Å². The lowest BCUT2D eigenvalue weighted by molar-refractivity contribution is -0.0268. The van der Waals surface area contributed by atoms with E-state index < -0.39 is 12.2 Å². The third-order valence-corrected chi connectivity index (χ3v) is 3.71. The normalized spacial score (nSPS) is 21.4. The molecule has 2 N–H and O–H groups in total. The molecule has 1 aliphatic carbocycles. The minimum atomic E-state index is -0.687. The summed E-state index contributed by atoms with van der Waals surface area (Å²) in [5.41, 5.74) is 0.842. The van der Waals surface area contributed by atoms with Crippen LogP contribution in [-0.4, -0.2) is 32.2 Å². The molecule has 2 rings (SSSR count). The molecular weight excluding hydrogens is 216 g/mol. The molecule has 1 heterocycles. The number of hydrogen-bond acceptors (Lipinski definition) is 3. The lowest BCUT2D eigenvalue weighted by Crippen LogP contribution is -2.36. The first-order valence-corrected chi connectivity index (χ1v) is 6.51. The van der Waals surface area contributed by atoms with Crippen LogP contribution in [0.15, 0.2) is 12.3 Å². The molecule has 96 valence electrons. The first-order chi connectivity index (χ1) is 8.16. The monoisotopic (exact) mass is 238 g/mol. The summed E-state index contributed by atoms with van der Waals surface area (Å²) in [4.78, 5) is 0. The summed E-state index contributed by atoms with van der Waals surface area (Å²) in [7, 11) is 1.85. The van der Waals surface area contributed by atoms with Crippen LogP contribution in [0.4, 0.5) is 0 Å². The van der Waals surface area contributed by atoms with Gasteiger partial charge in [-0.05, 0) is 24.8 Å². The summed E-state index contributed by atoms with van der Waals surface area (Å²) in [6.45, 7) is 0. The van der Waals surface area contributed by atoms with Gasteiger partial charge in [-0.25, -0.2) is 0 Å². The molecule has 4 nitrogen and oxygen atoms in total. The van der Waals surface area contributed by atoms with Crippen LogP contribution in [0.2, 0.25) is 0 Å². The molecule has 1 aromatic rings. The number of aryl methyl sites for hydroxylation is 1. The van der Waals surface area contributed by atoms with E-state index in [4.69, 9.17) is 0 Å². The van der Waals surface area contributed by atoms with Gasteiger partial charge in [0.25, 0.3) is 0 Å². The van der Waals surface area contributed by atoms with Crippen LogP contribution in [-0.2, 0) is 13.5 Å². The molecule has 0 spiro atoms. The summed E-state index contributed by atoms with van der Waals surface area (Å²) in [6, 6.07) is 1.89. The Morgan fingerprint density at radius 1 is 1.35 bits per heavy atom. The molecule has 1 saturated carbocycles. The second kappa shape index (κ2) is 5.65. The van der Waals surface area contributed by atoms with E-state index in [0.29, 0.717) is 6.42 Å². The maximum atomic E-state index is 10.1. The lowest BCUT2D eigenvalue weighted by Gasteiger charge is -2.29. The highest BCUT2D eigenvalue weighted by Gasteiger charge is 2.28. The van der Waals surface area contributed by atoms with Crippen LogP contribution >= 0.6 is 0 Å². The molecule has 1 aromatic heterocycles. The number of aromatic nitrogens is 2. The van der Waals surface area contributed by atoms with Crippen molar-refractivity contribution in [1.29, 1.82) is 0 Å². The second-order valence-corrected chi connectivity index (χ2v) is 5.14. The molecule has 4 heteroatoms. The van der Waals surface area contributed by atoms with Gasteiger partial charge >= 0.3 is 0 Å². The Balaban J connectivity index is 1.87. The molecule has 0 bridgehead atoms.